The number of halogens is 2. The Kier molecular flexibility index (Phi) is 3.17. The van der Waals surface area contributed by atoms with Gasteiger partial charge in [0.25, 0.3) is 5.56 Å². The first-order valence-corrected chi connectivity index (χ1v) is 8.41. The van der Waals surface area contributed by atoms with Crippen molar-refractivity contribution in [3.05, 3.63) is 39.4 Å². The Balaban J connectivity index is 2.01. The molecule has 1 aromatic carbocycles. The summed E-state index contributed by atoms with van der Waals surface area (Å²) in [5.41, 5.74) is 7.59. The second-order valence-electron chi connectivity index (χ2n) is 7.49. The minimum atomic E-state index is -2.67. The van der Waals surface area contributed by atoms with Crippen LogP contribution in [0.25, 0.3) is 10.9 Å². The van der Waals surface area contributed by atoms with E-state index in [1.807, 2.05) is 26.0 Å². The third-order valence-electron chi connectivity index (χ3n) is 5.58. The number of hydrogen-bond acceptors (Lipinski definition) is 3. The maximum absolute atomic E-state index is 13.9. The van der Waals surface area contributed by atoms with Gasteiger partial charge in [0.15, 0.2) is 0 Å². The number of benzene rings is 1. The Morgan fingerprint density at radius 2 is 2.04 bits per heavy atom. The van der Waals surface area contributed by atoms with E-state index in [1.165, 1.54) is 0 Å². The highest BCUT2D eigenvalue weighted by molar-refractivity contribution is 5.82. The van der Waals surface area contributed by atoms with E-state index in [1.54, 1.807) is 4.57 Å². The van der Waals surface area contributed by atoms with E-state index < -0.39 is 11.3 Å². The molecule has 0 amide bonds. The first-order valence-electron chi connectivity index (χ1n) is 8.41. The normalized spacial score (nSPS) is 26.2. The van der Waals surface area contributed by atoms with Crippen LogP contribution < -0.4 is 11.3 Å². The highest BCUT2D eigenvalue weighted by Crippen LogP contribution is 2.52. The molecule has 24 heavy (non-hydrogen) atoms. The largest absolute Gasteiger partial charge is 0.324 e. The zero-order chi connectivity index (χ0) is 17.3. The van der Waals surface area contributed by atoms with Crippen LogP contribution in [-0.2, 0) is 12.0 Å². The van der Waals surface area contributed by atoms with Gasteiger partial charge < -0.3 is 5.73 Å². The van der Waals surface area contributed by atoms with Crippen LogP contribution in [-0.4, -0.2) is 15.5 Å². The molecule has 0 saturated heterocycles. The third-order valence-corrected chi connectivity index (χ3v) is 5.58. The highest BCUT2D eigenvalue weighted by atomic mass is 19.3. The smallest absolute Gasteiger partial charge is 0.261 e. The maximum atomic E-state index is 13.9. The van der Waals surface area contributed by atoms with Gasteiger partial charge in [-0.3, -0.25) is 9.36 Å². The average molecular weight is 333 g/mol. The molecule has 0 radical (unpaired) electrons. The molecule has 0 bridgehead atoms. The van der Waals surface area contributed by atoms with Crippen molar-refractivity contribution in [2.45, 2.75) is 63.5 Å². The molecule has 0 unspecified atom stereocenters. The van der Waals surface area contributed by atoms with Gasteiger partial charge in [0.05, 0.1) is 10.9 Å². The first-order chi connectivity index (χ1) is 11.2. The molecule has 1 saturated carbocycles. The van der Waals surface area contributed by atoms with Crippen LogP contribution >= 0.6 is 0 Å². The van der Waals surface area contributed by atoms with Gasteiger partial charge in [-0.25, -0.2) is 13.8 Å². The summed E-state index contributed by atoms with van der Waals surface area (Å²) in [5.74, 6) is -2.14. The van der Waals surface area contributed by atoms with Gasteiger partial charge in [-0.1, -0.05) is 6.07 Å². The number of rotatable bonds is 1. The van der Waals surface area contributed by atoms with E-state index in [0.717, 1.165) is 11.1 Å². The molecule has 4 nitrogen and oxygen atoms in total. The van der Waals surface area contributed by atoms with E-state index in [9.17, 15) is 13.6 Å². The van der Waals surface area contributed by atoms with Crippen LogP contribution in [0, 0.1) is 6.92 Å². The lowest BCUT2D eigenvalue weighted by Crippen LogP contribution is -2.28. The first kappa shape index (κ1) is 15.7. The molecule has 1 aliphatic carbocycles. The SMILES string of the molecule is Cc1cc([C@@H](C)N)c2nc3n(c(=O)c2c1)CC[C@@]31CCC(F)(F)C1. The standard InChI is InChI=1S/C18H21F2N3O/c1-10-7-12(11(2)21)14-13(8-10)15(24)23-6-5-17(16(23)22-14)3-4-18(19,20)9-17/h7-8,11H,3-6,9,21H2,1-2H3/t11-,17-/m1/s1. The molecule has 2 N–H and O–H groups in total. The second kappa shape index (κ2) is 4.85. The molecule has 6 heteroatoms. The second-order valence-corrected chi connectivity index (χ2v) is 7.49. The van der Waals surface area contributed by atoms with Gasteiger partial charge in [0, 0.05) is 30.8 Å². The summed E-state index contributed by atoms with van der Waals surface area (Å²) in [7, 11) is 0. The highest BCUT2D eigenvalue weighted by Gasteiger charge is 2.54. The fraction of sp³-hybridized carbons (Fsp3) is 0.556. The van der Waals surface area contributed by atoms with E-state index in [0.29, 0.717) is 36.1 Å². The minimum absolute atomic E-state index is 0.130. The number of nitrogens with zero attached hydrogens (tertiary/aromatic N) is 2. The van der Waals surface area contributed by atoms with Crippen molar-refractivity contribution in [1.82, 2.24) is 9.55 Å². The molecule has 1 aliphatic heterocycles. The summed E-state index contributed by atoms with van der Waals surface area (Å²) in [6.07, 6.45) is 0.608. The van der Waals surface area contributed by atoms with E-state index in [-0.39, 0.29) is 24.4 Å². The molecule has 1 fully saturated rings. The molecular formula is C18H21F2N3O. The van der Waals surface area contributed by atoms with E-state index >= 15 is 0 Å². The summed E-state index contributed by atoms with van der Waals surface area (Å²) in [5, 5.41) is 0.535. The van der Waals surface area contributed by atoms with Crippen LogP contribution in [0.3, 0.4) is 0 Å². The summed E-state index contributed by atoms with van der Waals surface area (Å²) in [4.78, 5) is 17.7. The number of aryl methyl sites for hydroxylation is 1. The third kappa shape index (κ3) is 2.12. The Bertz CT molecular complexity index is 903. The lowest BCUT2D eigenvalue weighted by Gasteiger charge is -2.23. The molecule has 2 atom stereocenters. The molecular weight excluding hydrogens is 312 g/mol. The number of hydrogen-bond donors (Lipinski definition) is 1. The van der Waals surface area contributed by atoms with Gasteiger partial charge >= 0.3 is 0 Å². The summed E-state index contributed by atoms with van der Waals surface area (Å²) >= 11 is 0. The fourth-order valence-electron chi connectivity index (χ4n) is 4.40. The molecule has 2 aliphatic rings. The zero-order valence-electron chi connectivity index (χ0n) is 13.9. The number of alkyl halides is 2. The predicted molar refractivity (Wildman–Crippen MR) is 88.4 cm³/mol. The van der Waals surface area contributed by atoms with Crippen molar-refractivity contribution < 1.29 is 8.78 Å². The van der Waals surface area contributed by atoms with Crippen LogP contribution in [0.4, 0.5) is 8.78 Å². The van der Waals surface area contributed by atoms with Gasteiger partial charge in [0.1, 0.15) is 5.82 Å². The number of fused-ring (bicyclic) bond motifs is 3. The maximum Gasteiger partial charge on any atom is 0.261 e. The van der Waals surface area contributed by atoms with Crippen molar-refractivity contribution in [3.63, 3.8) is 0 Å². The van der Waals surface area contributed by atoms with Gasteiger partial charge in [-0.2, -0.15) is 0 Å². The zero-order valence-corrected chi connectivity index (χ0v) is 13.9. The number of nitrogens with two attached hydrogens (primary N) is 1. The van der Waals surface area contributed by atoms with Crippen molar-refractivity contribution in [3.8, 4) is 0 Å². The van der Waals surface area contributed by atoms with Crippen molar-refractivity contribution in [2.75, 3.05) is 0 Å². The van der Waals surface area contributed by atoms with Gasteiger partial charge in [-0.05, 0) is 43.9 Å². The van der Waals surface area contributed by atoms with E-state index in [4.69, 9.17) is 10.7 Å². The minimum Gasteiger partial charge on any atom is -0.324 e. The Morgan fingerprint density at radius 3 is 2.67 bits per heavy atom. The summed E-state index contributed by atoms with van der Waals surface area (Å²) < 4.78 is 29.4. The lowest BCUT2D eigenvalue weighted by molar-refractivity contribution is 0.00242. The monoisotopic (exact) mass is 333 g/mol. The number of aromatic nitrogens is 2. The van der Waals surface area contributed by atoms with Crippen LogP contribution in [0.15, 0.2) is 16.9 Å². The molecule has 2 aromatic rings. The Hall–Kier alpha value is -1.82. The van der Waals surface area contributed by atoms with Crippen molar-refractivity contribution >= 4 is 10.9 Å². The Morgan fingerprint density at radius 1 is 1.29 bits per heavy atom. The molecule has 1 aromatic heterocycles. The molecule has 1 spiro atoms. The molecule has 128 valence electrons. The van der Waals surface area contributed by atoms with Crippen molar-refractivity contribution in [1.29, 1.82) is 0 Å². The van der Waals surface area contributed by atoms with E-state index in [2.05, 4.69) is 0 Å². The topological polar surface area (TPSA) is 60.9 Å². The van der Waals surface area contributed by atoms with Crippen LogP contribution in [0.2, 0.25) is 0 Å². The summed E-state index contributed by atoms with van der Waals surface area (Å²) in [6, 6.07) is 3.48. The lowest BCUT2D eigenvalue weighted by atomic mass is 9.84. The Labute approximate surface area is 138 Å². The summed E-state index contributed by atoms with van der Waals surface area (Å²) in [6.45, 7) is 4.23. The molecule has 4 rings (SSSR count). The predicted octanol–water partition coefficient (Wildman–Crippen LogP) is 3.19. The van der Waals surface area contributed by atoms with Gasteiger partial charge in [-0.15, -0.1) is 0 Å². The van der Waals surface area contributed by atoms with Crippen molar-refractivity contribution in [2.24, 2.45) is 5.73 Å². The van der Waals surface area contributed by atoms with Crippen LogP contribution in [0.1, 0.15) is 55.6 Å². The fourth-order valence-corrected chi connectivity index (χ4v) is 4.40. The van der Waals surface area contributed by atoms with Gasteiger partial charge in [0.2, 0.25) is 5.92 Å². The average Bonchev–Trinajstić information content (AvgIpc) is 3.00. The quantitative estimate of drug-likeness (QED) is 0.872. The molecule has 2 heterocycles. The van der Waals surface area contributed by atoms with Crippen LogP contribution in [0.5, 0.6) is 0 Å².